The molecule has 1 aromatic heterocycles. The summed E-state index contributed by atoms with van der Waals surface area (Å²) < 4.78 is 42.7. The summed E-state index contributed by atoms with van der Waals surface area (Å²) in [7, 11) is 1.57. The third-order valence-corrected chi connectivity index (χ3v) is 3.27. The second-order valence-corrected chi connectivity index (χ2v) is 5.01. The molecule has 0 bridgehead atoms. The van der Waals surface area contributed by atoms with E-state index in [1.54, 1.807) is 7.05 Å². The van der Waals surface area contributed by atoms with Gasteiger partial charge in [0.25, 0.3) is 5.91 Å². The van der Waals surface area contributed by atoms with E-state index < -0.39 is 11.7 Å². The summed E-state index contributed by atoms with van der Waals surface area (Å²) >= 11 is 0. The van der Waals surface area contributed by atoms with Crippen molar-refractivity contribution in [1.82, 2.24) is 9.88 Å². The molecule has 1 aromatic carbocycles. The molecule has 0 aliphatic heterocycles. The molecular weight excluding hydrogens is 323 g/mol. The van der Waals surface area contributed by atoms with Crippen LogP contribution in [0.5, 0.6) is 5.75 Å². The van der Waals surface area contributed by atoms with E-state index in [4.69, 9.17) is 10.00 Å². The van der Waals surface area contributed by atoms with Gasteiger partial charge in [-0.05, 0) is 30.3 Å². The van der Waals surface area contributed by atoms with Gasteiger partial charge in [-0.15, -0.1) is 0 Å². The zero-order valence-corrected chi connectivity index (χ0v) is 12.7. The average Bonchev–Trinajstić information content (AvgIpc) is 3.02. The molecule has 126 valence electrons. The smallest absolute Gasteiger partial charge is 0.416 e. The van der Waals surface area contributed by atoms with Gasteiger partial charge in [0.15, 0.2) is 0 Å². The van der Waals surface area contributed by atoms with E-state index in [0.29, 0.717) is 5.56 Å². The van der Waals surface area contributed by atoms with Crippen LogP contribution in [-0.2, 0) is 6.18 Å². The van der Waals surface area contributed by atoms with Crippen molar-refractivity contribution in [1.29, 1.82) is 5.26 Å². The number of carbonyl (C=O) groups excluding carboxylic acids is 1. The number of hydrogen-bond acceptors (Lipinski definition) is 3. The van der Waals surface area contributed by atoms with Crippen molar-refractivity contribution >= 4 is 5.91 Å². The Morgan fingerprint density at radius 1 is 1.33 bits per heavy atom. The molecule has 5 nitrogen and oxygen atoms in total. The molecule has 2 aromatic rings. The number of rotatable bonds is 5. The Balaban J connectivity index is 1.85. The molecule has 0 atom stereocenters. The van der Waals surface area contributed by atoms with Crippen molar-refractivity contribution in [2.24, 2.45) is 0 Å². The molecule has 0 fully saturated rings. The molecule has 24 heavy (non-hydrogen) atoms. The topological polar surface area (TPSA) is 69.1 Å². The fraction of sp³-hybridized carbons (Fsp3) is 0.250. The molecule has 0 spiro atoms. The lowest BCUT2D eigenvalue weighted by atomic mass is 10.2. The molecule has 1 amide bonds. The van der Waals surface area contributed by atoms with E-state index in [1.807, 2.05) is 6.07 Å². The quantitative estimate of drug-likeness (QED) is 0.912. The Labute approximate surface area is 136 Å². The lowest BCUT2D eigenvalue weighted by Gasteiger charge is -2.17. The first kappa shape index (κ1) is 17.4. The molecule has 1 N–H and O–H groups in total. The SMILES string of the molecule is CN(CCOc1ccc(C(F)(F)F)cc1)C(=O)c1c[nH]c(C#N)c1. The van der Waals surface area contributed by atoms with Crippen molar-refractivity contribution in [3.05, 3.63) is 53.3 Å². The normalized spacial score (nSPS) is 11.0. The largest absolute Gasteiger partial charge is 0.492 e. The number of likely N-dealkylation sites (N-methyl/N-ethyl adjacent to an activating group) is 1. The summed E-state index contributed by atoms with van der Waals surface area (Å²) in [5.74, 6) is 0.000953. The first-order valence-corrected chi connectivity index (χ1v) is 6.95. The van der Waals surface area contributed by atoms with E-state index in [0.717, 1.165) is 12.1 Å². The number of nitrogens with zero attached hydrogens (tertiary/aromatic N) is 2. The highest BCUT2D eigenvalue weighted by atomic mass is 19.4. The number of aromatic amines is 1. The predicted molar refractivity (Wildman–Crippen MR) is 79.4 cm³/mol. The highest BCUT2D eigenvalue weighted by Crippen LogP contribution is 2.30. The van der Waals surface area contributed by atoms with Crippen molar-refractivity contribution < 1.29 is 22.7 Å². The highest BCUT2D eigenvalue weighted by molar-refractivity contribution is 5.94. The number of alkyl halides is 3. The molecule has 0 unspecified atom stereocenters. The molecule has 0 aliphatic carbocycles. The monoisotopic (exact) mass is 337 g/mol. The number of benzene rings is 1. The van der Waals surface area contributed by atoms with Gasteiger partial charge in [-0.25, -0.2) is 0 Å². The van der Waals surface area contributed by atoms with Gasteiger partial charge in [0.05, 0.1) is 17.7 Å². The first-order chi connectivity index (χ1) is 11.3. The second kappa shape index (κ2) is 7.08. The Kier molecular flexibility index (Phi) is 5.14. The minimum atomic E-state index is -4.38. The number of nitriles is 1. The van der Waals surface area contributed by atoms with E-state index in [1.165, 1.54) is 29.3 Å². The van der Waals surface area contributed by atoms with Gasteiger partial charge in [-0.1, -0.05) is 0 Å². The number of carbonyl (C=O) groups is 1. The number of aromatic nitrogens is 1. The van der Waals surface area contributed by atoms with Gasteiger partial charge in [-0.2, -0.15) is 18.4 Å². The van der Waals surface area contributed by atoms with Crippen LogP contribution in [0, 0.1) is 11.3 Å². The van der Waals surface area contributed by atoms with Crippen molar-refractivity contribution in [2.75, 3.05) is 20.2 Å². The van der Waals surface area contributed by atoms with Crippen molar-refractivity contribution in [2.45, 2.75) is 6.18 Å². The number of halogens is 3. The Morgan fingerprint density at radius 3 is 2.54 bits per heavy atom. The molecule has 2 rings (SSSR count). The van der Waals surface area contributed by atoms with E-state index in [9.17, 15) is 18.0 Å². The first-order valence-electron chi connectivity index (χ1n) is 6.95. The van der Waals surface area contributed by atoms with Gasteiger partial charge < -0.3 is 14.6 Å². The van der Waals surface area contributed by atoms with Crippen LogP contribution in [0.15, 0.2) is 36.5 Å². The number of hydrogen-bond donors (Lipinski definition) is 1. The molecule has 1 heterocycles. The van der Waals surface area contributed by atoms with Gasteiger partial charge in [0, 0.05) is 13.2 Å². The standard InChI is InChI=1S/C16H14F3N3O2/c1-22(15(23)11-8-13(9-20)21-10-11)6-7-24-14-4-2-12(3-5-14)16(17,18)19/h2-5,8,10,21H,6-7H2,1H3. The summed E-state index contributed by atoms with van der Waals surface area (Å²) in [5.41, 5.74) is -0.112. The van der Waals surface area contributed by atoms with Gasteiger partial charge in [0.2, 0.25) is 0 Å². The van der Waals surface area contributed by atoms with Gasteiger partial charge in [-0.3, -0.25) is 4.79 Å². The maximum absolute atomic E-state index is 12.4. The molecule has 0 radical (unpaired) electrons. The fourth-order valence-electron chi connectivity index (χ4n) is 1.94. The number of H-pyrrole nitrogens is 1. The van der Waals surface area contributed by atoms with Crippen LogP contribution in [-0.4, -0.2) is 36.0 Å². The van der Waals surface area contributed by atoms with Crippen molar-refractivity contribution in [3.63, 3.8) is 0 Å². The van der Waals surface area contributed by atoms with Crippen LogP contribution >= 0.6 is 0 Å². The van der Waals surface area contributed by atoms with Crippen LogP contribution in [0.2, 0.25) is 0 Å². The molecule has 0 saturated heterocycles. The van der Waals surface area contributed by atoms with Gasteiger partial charge in [0.1, 0.15) is 24.1 Å². The van der Waals surface area contributed by atoms with Crippen LogP contribution in [0.25, 0.3) is 0 Å². The van der Waals surface area contributed by atoms with E-state index in [2.05, 4.69) is 4.98 Å². The average molecular weight is 337 g/mol. The molecule has 8 heteroatoms. The lowest BCUT2D eigenvalue weighted by Crippen LogP contribution is -2.30. The van der Waals surface area contributed by atoms with E-state index in [-0.39, 0.29) is 30.5 Å². The second-order valence-electron chi connectivity index (χ2n) is 5.01. The minimum Gasteiger partial charge on any atom is -0.492 e. The summed E-state index contributed by atoms with van der Waals surface area (Å²) in [4.78, 5) is 16.1. The van der Waals surface area contributed by atoms with Crippen LogP contribution in [0.3, 0.4) is 0 Å². The molecule has 0 saturated carbocycles. The maximum Gasteiger partial charge on any atom is 0.416 e. The third-order valence-electron chi connectivity index (χ3n) is 3.27. The molecular formula is C16H14F3N3O2. The zero-order valence-electron chi connectivity index (χ0n) is 12.7. The Hall–Kier alpha value is -2.95. The summed E-state index contributed by atoms with van der Waals surface area (Å²) in [6.45, 7) is 0.371. The van der Waals surface area contributed by atoms with Crippen LogP contribution in [0.1, 0.15) is 21.6 Å². The van der Waals surface area contributed by atoms with Crippen LogP contribution in [0.4, 0.5) is 13.2 Å². The third kappa shape index (κ3) is 4.29. The van der Waals surface area contributed by atoms with Crippen molar-refractivity contribution in [3.8, 4) is 11.8 Å². The van der Waals surface area contributed by atoms with E-state index >= 15 is 0 Å². The van der Waals surface area contributed by atoms with Gasteiger partial charge >= 0.3 is 6.18 Å². The minimum absolute atomic E-state index is 0.128. The fourth-order valence-corrected chi connectivity index (χ4v) is 1.94. The number of ether oxygens (including phenoxy) is 1. The molecule has 0 aliphatic rings. The summed E-state index contributed by atoms with van der Waals surface area (Å²) in [5, 5.41) is 8.71. The zero-order chi connectivity index (χ0) is 17.7. The summed E-state index contributed by atoms with van der Waals surface area (Å²) in [6, 6.07) is 7.67. The Bertz CT molecular complexity index is 745. The Morgan fingerprint density at radius 2 is 2.00 bits per heavy atom. The maximum atomic E-state index is 12.4. The predicted octanol–water partition coefficient (Wildman–Crippen LogP) is 3.06. The highest BCUT2D eigenvalue weighted by Gasteiger charge is 2.30. The summed E-state index contributed by atoms with van der Waals surface area (Å²) in [6.07, 6.45) is -2.95. The lowest BCUT2D eigenvalue weighted by molar-refractivity contribution is -0.137. The number of nitrogens with one attached hydrogen (secondary N) is 1. The number of amides is 1. The van der Waals surface area contributed by atoms with Crippen LogP contribution < -0.4 is 4.74 Å².